The third kappa shape index (κ3) is 2.94. The quantitative estimate of drug-likeness (QED) is 0.680. The third-order valence-electron chi connectivity index (χ3n) is 3.94. The summed E-state index contributed by atoms with van der Waals surface area (Å²) in [6.45, 7) is 2.00. The SMILES string of the molecule is CCCc1cnc2c(C(F)(F)F)cccc2c1-c1cccc(O)c1. The molecule has 2 aromatic carbocycles. The van der Waals surface area contributed by atoms with Crippen molar-refractivity contribution in [3.63, 3.8) is 0 Å². The highest BCUT2D eigenvalue weighted by atomic mass is 19.4. The predicted octanol–water partition coefficient (Wildman–Crippen LogP) is 5.58. The molecule has 0 saturated carbocycles. The van der Waals surface area contributed by atoms with Gasteiger partial charge in [0.05, 0.1) is 11.1 Å². The molecule has 24 heavy (non-hydrogen) atoms. The molecular formula is C19H16F3NO. The maximum absolute atomic E-state index is 13.3. The topological polar surface area (TPSA) is 33.1 Å². The number of hydrogen-bond acceptors (Lipinski definition) is 2. The van der Waals surface area contributed by atoms with Gasteiger partial charge < -0.3 is 5.11 Å². The van der Waals surface area contributed by atoms with E-state index in [0.717, 1.165) is 18.1 Å². The molecule has 124 valence electrons. The number of pyridine rings is 1. The number of benzene rings is 2. The highest BCUT2D eigenvalue weighted by molar-refractivity contribution is 5.97. The molecule has 0 spiro atoms. The number of aromatic nitrogens is 1. The lowest BCUT2D eigenvalue weighted by Gasteiger charge is -2.16. The van der Waals surface area contributed by atoms with E-state index in [2.05, 4.69) is 4.98 Å². The molecule has 3 aromatic rings. The van der Waals surface area contributed by atoms with Crippen LogP contribution >= 0.6 is 0 Å². The van der Waals surface area contributed by atoms with Crippen LogP contribution in [0, 0.1) is 0 Å². The Morgan fingerprint density at radius 3 is 2.50 bits per heavy atom. The molecule has 2 nitrogen and oxygen atoms in total. The minimum Gasteiger partial charge on any atom is -0.508 e. The average molecular weight is 331 g/mol. The second kappa shape index (κ2) is 6.15. The molecule has 5 heteroatoms. The van der Waals surface area contributed by atoms with Gasteiger partial charge in [-0.3, -0.25) is 4.98 Å². The maximum Gasteiger partial charge on any atom is 0.418 e. The van der Waals surface area contributed by atoms with Crippen molar-refractivity contribution in [2.24, 2.45) is 0 Å². The second-order valence-electron chi connectivity index (χ2n) is 5.66. The number of hydrogen-bond donors (Lipinski definition) is 1. The van der Waals surface area contributed by atoms with Gasteiger partial charge in [0.25, 0.3) is 0 Å². The minimum atomic E-state index is -4.46. The highest BCUT2D eigenvalue weighted by Crippen LogP contribution is 2.39. The summed E-state index contributed by atoms with van der Waals surface area (Å²) in [6, 6.07) is 10.7. The lowest BCUT2D eigenvalue weighted by Crippen LogP contribution is -2.07. The third-order valence-corrected chi connectivity index (χ3v) is 3.94. The van der Waals surface area contributed by atoms with Gasteiger partial charge in [-0.05, 0) is 41.3 Å². The van der Waals surface area contributed by atoms with Gasteiger partial charge in [0.15, 0.2) is 0 Å². The molecule has 0 bridgehead atoms. The summed E-state index contributed by atoms with van der Waals surface area (Å²) in [5.41, 5.74) is 1.44. The van der Waals surface area contributed by atoms with E-state index in [9.17, 15) is 18.3 Å². The van der Waals surface area contributed by atoms with Gasteiger partial charge in [0.1, 0.15) is 5.75 Å². The number of alkyl halides is 3. The Hall–Kier alpha value is -2.56. The van der Waals surface area contributed by atoms with Crippen molar-refractivity contribution in [1.29, 1.82) is 0 Å². The molecule has 1 N–H and O–H groups in total. The Morgan fingerprint density at radius 1 is 1.08 bits per heavy atom. The molecule has 0 aliphatic carbocycles. The van der Waals surface area contributed by atoms with E-state index in [1.54, 1.807) is 24.3 Å². The van der Waals surface area contributed by atoms with E-state index in [1.807, 2.05) is 6.92 Å². The fourth-order valence-electron chi connectivity index (χ4n) is 2.95. The number of aromatic hydroxyl groups is 1. The lowest BCUT2D eigenvalue weighted by atomic mass is 9.93. The van der Waals surface area contributed by atoms with Crippen molar-refractivity contribution >= 4 is 10.9 Å². The number of rotatable bonds is 3. The monoisotopic (exact) mass is 331 g/mol. The molecule has 0 atom stereocenters. The lowest BCUT2D eigenvalue weighted by molar-refractivity contribution is -0.136. The zero-order valence-corrected chi connectivity index (χ0v) is 13.1. The van der Waals surface area contributed by atoms with Crippen LogP contribution in [0.25, 0.3) is 22.0 Å². The van der Waals surface area contributed by atoms with Crippen molar-refractivity contribution in [2.45, 2.75) is 25.9 Å². The van der Waals surface area contributed by atoms with Crippen molar-refractivity contribution in [1.82, 2.24) is 4.98 Å². The van der Waals surface area contributed by atoms with E-state index < -0.39 is 11.7 Å². The summed E-state index contributed by atoms with van der Waals surface area (Å²) in [6.07, 6.45) is -1.41. The van der Waals surface area contributed by atoms with E-state index in [1.165, 1.54) is 18.3 Å². The van der Waals surface area contributed by atoms with Gasteiger partial charge in [-0.1, -0.05) is 37.6 Å². The van der Waals surface area contributed by atoms with Crippen LogP contribution in [0.3, 0.4) is 0 Å². The minimum absolute atomic E-state index is 0.0665. The number of phenols is 1. The molecular weight excluding hydrogens is 315 g/mol. The van der Waals surface area contributed by atoms with Gasteiger partial charge in [-0.15, -0.1) is 0 Å². The molecule has 0 unspecified atom stereocenters. The molecule has 1 aromatic heterocycles. The maximum atomic E-state index is 13.3. The van der Waals surface area contributed by atoms with Gasteiger partial charge in [-0.2, -0.15) is 13.2 Å². The molecule has 0 radical (unpaired) electrons. The van der Waals surface area contributed by atoms with Crippen molar-refractivity contribution in [2.75, 3.05) is 0 Å². The van der Waals surface area contributed by atoms with Crippen LogP contribution < -0.4 is 0 Å². The van der Waals surface area contributed by atoms with Crippen LogP contribution in [0.1, 0.15) is 24.5 Å². The van der Waals surface area contributed by atoms with Gasteiger partial charge in [0, 0.05) is 11.6 Å². The number of halogens is 3. The smallest absolute Gasteiger partial charge is 0.418 e. The molecule has 0 aliphatic heterocycles. The van der Waals surface area contributed by atoms with Crippen molar-refractivity contribution in [3.05, 3.63) is 59.8 Å². The largest absolute Gasteiger partial charge is 0.508 e. The Kier molecular flexibility index (Phi) is 4.18. The first-order valence-corrected chi connectivity index (χ1v) is 7.69. The van der Waals surface area contributed by atoms with Gasteiger partial charge in [-0.25, -0.2) is 0 Å². The number of fused-ring (bicyclic) bond motifs is 1. The zero-order chi connectivity index (χ0) is 17.3. The fourth-order valence-corrected chi connectivity index (χ4v) is 2.95. The first kappa shape index (κ1) is 16.3. The summed E-state index contributed by atoms with van der Waals surface area (Å²) in [5, 5.41) is 10.2. The standard InChI is InChI=1S/C19H16F3NO/c1-2-5-13-11-23-18-15(8-4-9-16(18)19(20,21)22)17(13)12-6-3-7-14(24)10-12/h3-4,6-11,24H,2,5H2,1H3. The second-order valence-corrected chi connectivity index (χ2v) is 5.66. The zero-order valence-electron chi connectivity index (χ0n) is 13.1. The van der Waals surface area contributed by atoms with Crippen molar-refractivity contribution < 1.29 is 18.3 Å². The Labute approximate surface area is 137 Å². The first-order valence-electron chi connectivity index (χ1n) is 7.69. The van der Waals surface area contributed by atoms with Crippen LogP contribution in [0.2, 0.25) is 0 Å². The van der Waals surface area contributed by atoms with E-state index in [-0.39, 0.29) is 11.3 Å². The number of para-hydroxylation sites is 1. The molecule has 0 aliphatic rings. The Morgan fingerprint density at radius 2 is 1.83 bits per heavy atom. The average Bonchev–Trinajstić information content (AvgIpc) is 2.53. The predicted molar refractivity (Wildman–Crippen MR) is 87.8 cm³/mol. The molecule has 1 heterocycles. The first-order chi connectivity index (χ1) is 11.4. The van der Waals surface area contributed by atoms with E-state index in [0.29, 0.717) is 22.9 Å². The number of nitrogens with zero attached hydrogens (tertiary/aromatic N) is 1. The number of aryl methyl sites for hydroxylation is 1. The van der Waals surface area contributed by atoms with Crippen LogP contribution in [0.15, 0.2) is 48.7 Å². The summed E-state index contributed by atoms with van der Waals surface area (Å²) >= 11 is 0. The Bertz CT molecular complexity index is 887. The summed E-state index contributed by atoms with van der Waals surface area (Å²) in [5.74, 6) is 0.0758. The normalized spacial score (nSPS) is 11.8. The fraction of sp³-hybridized carbons (Fsp3) is 0.211. The van der Waals surface area contributed by atoms with Crippen LogP contribution in [-0.4, -0.2) is 10.1 Å². The van der Waals surface area contributed by atoms with E-state index in [4.69, 9.17) is 0 Å². The molecule has 0 amide bonds. The van der Waals surface area contributed by atoms with Gasteiger partial charge in [0.2, 0.25) is 0 Å². The summed E-state index contributed by atoms with van der Waals surface area (Å²) < 4.78 is 39.9. The molecule has 0 fully saturated rings. The summed E-state index contributed by atoms with van der Waals surface area (Å²) in [4.78, 5) is 4.09. The molecule has 3 rings (SSSR count). The van der Waals surface area contributed by atoms with Gasteiger partial charge >= 0.3 is 6.18 Å². The highest BCUT2D eigenvalue weighted by Gasteiger charge is 2.33. The van der Waals surface area contributed by atoms with Crippen LogP contribution in [0.5, 0.6) is 5.75 Å². The Balaban J connectivity index is 2.37. The van der Waals surface area contributed by atoms with E-state index >= 15 is 0 Å². The summed E-state index contributed by atoms with van der Waals surface area (Å²) in [7, 11) is 0. The number of phenolic OH excluding ortho intramolecular Hbond substituents is 1. The van der Waals surface area contributed by atoms with Crippen LogP contribution in [-0.2, 0) is 12.6 Å². The van der Waals surface area contributed by atoms with Crippen molar-refractivity contribution in [3.8, 4) is 16.9 Å². The molecule has 0 saturated heterocycles. The van der Waals surface area contributed by atoms with Crippen LogP contribution in [0.4, 0.5) is 13.2 Å².